The topological polar surface area (TPSA) is 107 Å². The van der Waals surface area contributed by atoms with Crippen molar-refractivity contribution in [2.75, 3.05) is 13.7 Å². The van der Waals surface area contributed by atoms with Gasteiger partial charge in [-0.25, -0.2) is 0 Å². The molecule has 0 bridgehead atoms. The van der Waals surface area contributed by atoms with Gasteiger partial charge in [0, 0.05) is 6.54 Å². The standard InChI is InChI=1S/C16H19N3O4/c1-22-13-4-2-11(3-5-13)8-18-15(20)9-19-16(21)12-6-14(7-17)23-10-12/h2-6,10H,7-9,17H2,1H3,(H,18,20)(H,19,21). The quantitative estimate of drug-likeness (QED) is 0.700. The molecule has 4 N–H and O–H groups in total. The van der Waals surface area contributed by atoms with Crippen molar-refractivity contribution in [1.29, 1.82) is 0 Å². The number of ether oxygens (including phenoxy) is 1. The van der Waals surface area contributed by atoms with E-state index in [1.54, 1.807) is 13.2 Å². The smallest absolute Gasteiger partial charge is 0.254 e. The number of rotatable bonds is 7. The van der Waals surface area contributed by atoms with E-state index in [9.17, 15) is 9.59 Å². The van der Waals surface area contributed by atoms with Gasteiger partial charge in [-0.05, 0) is 23.8 Å². The van der Waals surface area contributed by atoms with Gasteiger partial charge in [0.2, 0.25) is 5.91 Å². The van der Waals surface area contributed by atoms with Crippen LogP contribution in [0.3, 0.4) is 0 Å². The molecule has 0 radical (unpaired) electrons. The van der Waals surface area contributed by atoms with E-state index in [1.165, 1.54) is 6.26 Å². The molecule has 2 aromatic rings. The summed E-state index contributed by atoms with van der Waals surface area (Å²) in [5.74, 6) is 0.605. The van der Waals surface area contributed by atoms with Gasteiger partial charge in [0.25, 0.3) is 5.91 Å². The summed E-state index contributed by atoms with van der Waals surface area (Å²) in [6.07, 6.45) is 1.31. The van der Waals surface area contributed by atoms with Gasteiger partial charge in [-0.3, -0.25) is 9.59 Å². The van der Waals surface area contributed by atoms with Crippen molar-refractivity contribution in [3.8, 4) is 5.75 Å². The highest BCUT2D eigenvalue weighted by atomic mass is 16.5. The predicted octanol–water partition coefficient (Wildman–Crippen LogP) is 0.793. The van der Waals surface area contributed by atoms with Crippen LogP contribution >= 0.6 is 0 Å². The first kappa shape index (κ1) is 16.6. The molecule has 1 aromatic heterocycles. The molecule has 7 heteroatoms. The lowest BCUT2D eigenvalue weighted by molar-refractivity contribution is -0.120. The summed E-state index contributed by atoms with van der Waals surface area (Å²) >= 11 is 0. The predicted molar refractivity (Wildman–Crippen MR) is 83.8 cm³/mol. The molecule has 0 aliphatic carbocycles. The maximum absolute atomic E-state index is 11.8. The molecule has 7 nitrogen and oxygen atoms in total. The summed E-state index contributed by atoms with van der Waals surface area (Å²) in [5.41, 5.74) is 6.68. The molecule has 0 atom stereocenters. The number of amides is 2. The third-order valence-electron chi connectivity index (χ3n) is 3.18. The maximum Gasteiger partial charge on any atom is 0.254 e. The Morgan fingerprint density at radius 3 is 2.57 bits per heavy atom. The van der Waals surface area contributed by atoms with E-state index in [2.05, 4.69) is 10.6 Å². The summed E-state index contributed by atoms with van der Waals surface area (Å²) in [6, 6.07) is 8.90. The molecule has 2 rings (SSSR count). The molecular formula is C16H19N3O4. The molecule has 23 heavy (non-hydrogen) atoms. The first-order chi connectivity index (χ1) is 11.1. The summed E-state index contributed by atoms with van der Waals surface area (Å²) in [7, 11) is 1.59. The third kappa shape index (κ3) is 4.86. The molecule has 2 amide bonds. The Morgan fingerprint density at radius 2 is 1.96 bits per heavy atom. The number of methoxy groups -OCH3 is 1. The Bertz CT molecular complexity index is 664. The van der Waals surface area contributed by atoms with E-state index in [-0.39, 0.29) is 24.9 Å². The van der Waals surface area contributed by atoms with E-state index in [0.717, 1.165) is 11.3 Å². The zero-order chi connectivity index (χ0) is 16.7. The average Bonchev–Trinajstić information content (AvgIpc) is 3.07. The van der Waals surface area contributed by atoms with Crippen LogP contribution in [0, 0.1) is 0 Å². The Hall–Kier alpha value is -2.80. The van der Waals surface area contributed by atoms with Crippen molar-refractivity contribution < 1.29 is 18.7 Å². The lowest BCUT2D eigenvalue weighted by Gasteiger charge is -2.07. The first-order valence-corrected chi connectivity index (χ1v) is 7.07. The van der Waals surface area contributed by atoms with Crippen molar-refractivity contribution in [3.63, 3.8) is 0 Å². The monoisotopic (exact) mass is 317 g/mol. The van der Waals surface area contributed by atoms with Crippen LogP contribution < -0.4 is 21.1 Å². The number of furan rings is 1. The fourth-order valence-corrected chi connectivity index (χ4v) is 1.88. The minimum atomic E-state index is -0.381. The molecule has 0 fully saturated rings. The van der Waals surface area contributed by atoms with Crippen molar-refractivity contribution in [2.45, 2.75) is 13.1 Å². The van der Waals surface area contributed by atoms with Gasteiger partial charge in [0.15, 0.2) is 0 Å². The van der Waals surface area contributed by atoms with Crippen molar-refractivity contribution in [2.24, 2.45) is 5.73 Å². The lowest BCUT2D eigenvalue weighted by atomic mass is 10.2. The number of hydrogen-bond donors (Lipinski definition) is 3. The molecule has 1 heterocycles. The zero-order valence-electron chi connectivity index (χ0n) is 12.8. The van der Waals surface area contributed by atoms with Crippen LogP contribution in [0.2, 0.25) is 0 Å². The number of nitrogens with two attached hydrogens (primary N) is 1. The van der Waals surface area contributed by atoms with Crippen LogP contribution in [-0.2, 0) is 17.9 Å². The highest BCUT2D eigenvalue weighted by Crippen LogP contribution is 2.10. The van der Waals surface area contributed by atoms with Crippen LogP contribution in [-0.4, -0.2) is 25.5 Å². The fraction of sp³-hybridized carbons (Fsp3) is 0.250. The fourth-order valence-electron chi connectivity index (χ4n) is 1.88. The second-order valence-electron chi connectivity index (χ2n) is 4.81. The summed E-state index contributed by atoms with van der Waals surface area (Å²) in [4.78, 5) is 23.6. The van der Waals surface area contributed by atoms with Crippen molar-refractivity contribution in [3.05, 3.63) is 53.5 Å². The van der Waals surface area contributed by atoms with Gasteiger partial charge in [-0.2, -0.15) is 0 Å². The van der Waals surface area contributed by atoms with Crippen molar-refractivity contribution >= 4 is 11.8 Å². The molecule has 0 saturated heterocycles. The SMILES string of the molecule is COc1ccc(CNC(=O)CNC(=O)c2coc(CN)c2)cc1. The summed E-state index contributed by atoms with van der Waals surface area (Å²) in [6.45, 7) is 0.482. The maximum atomic E-state index is 11.8. The average molecular weight is 317 g/mol. The van der Waals surface area contributed by atoms with Gasteiger partial charge in [-0.15, -0.1) is 0 Å². The zero-order valence-corrected chi connectivity index (χ0v) is 12.8. The lowest BCUT2D eigenvalue weighted by Crippen LogP contribution is -2.36. The molecule has 0 aliphatic rings. The second-order valence-corrected chi connectivity index (χ2v) is 4.81. The Morgan fingerprint density at radius 1 is 1.22 bits per heavy atom. The van der Waals surface area contributed by atoms with E-state index < -0.39 is 0 Å². The molecule has 0 saturated carbocycles. The molecular weight excluding hydrogens is 298 g/mol. The Kier molecular flexibility index (Phi) is 5.76. The van der Waals surface area contributed by atoms with E-state index >= 15 is 0 Å². The highest BCUT2D eigenvalue weighted by molar-refractivity contribution is 5.96. The third-order valence-corrected chi connectivity index (χ3v) is 3.18. The number of nitrogens with one attached hydrogen (secondary N) is 2. The van der Waals surface area contributed by atoms with E-state index in [1.807, 2.05) is 24.3 Å². The Balaban J connectivity index is 1.74. The normalized spacial score (nSPS) is 10.2. The highest BCUT2D eigenvalue weighted by Gasteiger charge is 2.11. The number of benzene rings is 1. The van der Waals surface area contributed by atoms with Crippen LogP contribution in [0.4, 0.5) is 0 Å². The summed E-state index contributed by atoms with van der Waals surface area (Å²) < 4.78 is 10.1. The number of carbonyl (C=O) groups is 2. The van der Waals surface area contributed by atoms with E-state index in [4.69, 9.17) is 14.9 Å². The molecule has 0 spiro atoms. The minimum Gasteiger partial charge on any atom is -0.497 e. The van der Waals surface area contributed by atoms with Gasteiger partial charge >= 0.3 is 0 Å². The van der Waals surface area contributed by atoms with E-state index in [0.29, 0.717) is 17.9 Å². The van der Waals surface area contributed by atoms with Crippen LogP contribution in [0.1, 0.15) is 21.7 Å². The number of hydrogen-bond acceptors (Lipinski definition) is 5. The first-order valence-electron chi connectivity index (χ1n) is 7.07. The molecule has 0 aliphatic heterocycles. The van der Waals surface area contributed by atoms with Gasteiger partial charge in [0.1, 0.15) is 17.8 Å². The van der Waals surface area contributed by atoms with Crippen LogP contribution in [0.15, 0.2) is 41.0 Å². The largest absolute Gasteiger partial charge is 0.497 e. The van der Waals surface area contributed by atoms with Gasteiger partial charge in [0.05, 0.1) is 25.8 Å². The van der Waals surface area contributed by atoms with Gasteiger partial charge in [-0.1, -0.05) is 12.1 Å². The van der Waals surface area contributed by atoms with Crippen molar-refractivity contribution in [1.82, 2.24) is 10.6 Å². The Labute approximate surface area is 133 Å². The minimum absolute atomic E-state index is 0.113. The molecule has 122 valence electrons. The summed E-state index contributed by atoms with van der Waals surface area (Å²) in [5, 5.41) is 5.24. The van der Waals surface area contributed by atoms with Crippen LogP contribution in [0.25, 0.3) is 0 Å². The van der Waals surface area contributed by atoms with Crippen LogP contribution in [0.5, 0.6) is 5.75 Å². The second kappa shape index (κ2) is 8.00. The number of carbonyl (C=O) groups excluding carboxylic acids is 2. The molecule has 0 unspecified atom stereocenters. The van der Waals surface area contributed by atoms with Gasteiger partial charge < -0.3 is 25.5 Å². The molecule has 1 aromatic carbocycles.